The van der Waals surface area contributed by atoms with Gasteiger partial charge in [0.2, 0.25) is 17.7 Å². The van der Waals surface area contributed by atoms with Gasteiger partial charge >= 0.3 is 0 Å². The first-order chi connectivity index (χ1) is 19.3. The van der Waals surface area contributed by atoms with E-state index in [9.17, 15) is 5.11 Å². The third kappa shape index (κ3) is 5.11. The van der Waals surface area contributed by atoms with Crippen LogP contribution in [-0.2, 0) is 15.0 Å². The molecular weight excluding hydrogens is 512 g/mol. The largest absolute Gasteiger partial charge is 0.420 e. The number of aliphatic hydroxyl groups excluding tert-OH is 1. The van der Waals surface area contributed by atoms with Gasteiger partial charge in [0.05, 0.1) is 30.6 Å². The first-order valence-corrected chi connectivity index (χ1v) is 14.2. The molecule has 2 atom stereocenters. The van der Waals surface area contributed by atoms with Gasteiger partial charge < -0.3 is 24.3 Å². The van der Waals surface area contributed by atoms with E-state index in [-0.39, 0.29) is 18.2 Å². The number of nitrogens with zero attached hydrogens (tertiary/aromatic N) is 7. The molecule has 2 fully saturated rings. The number of hydrogen-bond donors (Lipinski definition) is 2. The van der Waals surface area contributed by atoms with Gasteiger partial charge in [-0.3, -0.25) is 4.68 Å². The van der Waals surface area contributed by atoms with Crippen LogP contribution in [-0.4, -0.2) is 72.2 Å². The Morgan fingerprint density at radius 3 is 2.75 bits per heavy atom. The van der Waals surface area contributed by atoms with Gasteiger partial charge in [-0.05, 0) is 65.4 Å². The highest BCUT2D eigenvalue weighted by Crippen LogP contribution is 2.38. The Morgan fingerprint density at radius 2 is 2.00 bits per heavy atom. The molecule has 4 aromatic heterocycles. The van der Waals surface area contributed by atoms with E-state index in [2.05, 4.69) is 26.6 Å². The summed E-state index contributed by atoms with van der Waals surface area (Å²) in [6, 6.07) is 2.27. The number of fused-ring (bicyclic) bond motifs is 1. The molecule has 2 aliphatic rings. The van der Waals surface area contributed by atoms with Crippen molar-refractivity contribution in [2.75, 3.05) is 25.6 Å². The number of hydrogen-bond acceptors (Lipinski definition) is 10. The number of nitrogens with one attached hydrogen (secondary N) is 1. The second-order valence-electron chi connectivity index (χ2n) is 11.5. The van der Waals surface area contributed by atoms with Gasteiger partial charge in [0.1, 0.15) is 11.6 Å². The fourth-order valence-corrected chi connectivity index (χ4v) is 5.74. The summed E-state index contributed by atoms with van der Waals surface area (Å²) in [5.41, 5.74) is 3.31. The number of methoxy groups -OCH3 is 1. The van der Waals surface area contributed by atoms with Gasteiger partial charge in [-0.1, -0.05) is 0 Å². The van der Waals surface area contributed by atoms with Crippen LogP contribution in [0.4, 0.5) is 5.95 Å². The normalized spacial score (nSPS) is 22.7. The zero-order valence-electron chi connectivity index (χ0n) is 23.6. The average molecular weight is 551 g/mol. The lowest BCUT2D eigenvalue weighted by atomic mass is 9.85. The first-order valence-electron chi connectivity index (χ1n) is 14.2. The molecule has 2 N–H and O–H groups in total. The summed E-state index contributed by atoms with van der Waals surface area (Å²) in [5.74, 6) is 1.85. The molecular formula is C28H38N8O4. The molecule has 0 radical (unpaired) electrons. The van der Waals surface area contributed by atoms with Crippen molar-refractivity contribution >= 4 is 11.5 Å². The van der Waals surface area contributed by atoms with Crippen molar-refractivity contribution < 1.29 is 19.0 Å². The predicted molar refractivity (Wildman–Crippen MR) is 147 cm³/mol. The summed E-state index contributed by atoms with van der Waals surface area (Å²) in [5, 5.41) is 31.6. The molecule has 6 rings (SSSR count). The Hall–Kier alpha value is -3.35. The lowest BCUT2D eigenvalue weighted by Crippen LogP contribution is -2.28. The van der Waals surface area contributed by atoms with Crippen LogP contribution in [0.25, 0.3) is 16.6 Å². The van der Waals surface area contributed by atoms with Crippen LogP contribution in [0.2, 0.25) is 0 Å². The Labute approximate surface area is 233 Å². The number of ether oxygens (including phenoxy) is 2. The minimum atomic E-state index is -0.662. The Bertz CT molecular complexity index is 1450. The molecule has 0 bridgehead atoms. The maximum Gasteiger partial charge on any atom is 0.245 e. The molecule has 214 valence electrons. The molecule has 1 aliphatic carbocycles. The molecule has 0 spiro atoms. The summed E-state index contributed by atoms with van der Waals surface area (Å²) in [6.07, 6.45) is 10.7. The van der Waals surface area contributed by atoms with E-state index in [0.717, 1.165) is 67.5 Å². The number of aromatic nitrogens is 7. The van der Waals surface area contributed by atoms with Crippen molar-refractivity contribution in [3.63, 3.8) is 0 Å². The van der Waals surface area contributed by atoms with Gasteiger partial charge in [0.15, 0.2) is 0 Å². The van der Waals surface area contributed by atoms with Gasteiger partial charge in [-0.25, -0.2) is 9.50 Å². The van der Waals surface area contributed by atoms with Crippen LogP contribution in [0.5, 0.6) is 0 Å². The van der Waals surface area contributed by atoms with Gasteiger partial charge in [-0.2, -0.15) is 5.10 Å². The maximum absolute atomic E-state index is 10.1. The van der Waals surface area contributed by atoms with Crippen molar-refractivity contribution in [2.24, 2.45) is 0 Å². The second kappa shape index (κ2) is 10.9. The third-order valence-electron chi connectivity index (χ3n) is 8.09. The fraction of sp³-hybridized carbons (Fsp3) is 0.607. The molecule has 40 heavy (non-hydrogen) atoms. The smallest absolute Gasteiger partial charge is 0.245 e. The average Bonchev–Trinajstić information content (AvgIpc) is 3.75. The Balaban J connectivity index is 1.34. The van der Waals surface area contributed by atoms with Gasteiger partial charge in [-0.15, -0.1) is 15.3 Å². The fourth-order valence-electron chi connectivity index (χ4n) is 5.74. The van der Waals surface area contributed by atoms with Crippen molar-refractivity contribution in [1.29, 1.82) is 0 Å². The monoisotopic (exact) mass is 550 g/mol. The highest BCUT2D eigenvalue weighted by Gasteiger charge is 2.33. The van der Waals surface area contributed by atoms with Gasteiger partial charge in [0, 0.05) is 48.7 Å². The summed E-state index contributed by atoms with van der Waals surface area (Å²) in [6.45, 7) is 7.32. The summed E-state index contributed by atoms with van der Waals surface area (Å²) >= 11 is 0. The quantitative estimate of drug-likeness (QED) is 0.314. The topological polar surface area (TPSA) is 138 Å². The van der Waals surface area contributed by atoms with Crippen LogP contribution in [0.3, 0.4) is 0 Å². The SMILES string of the molecule is COC[C@H](C)Nc1ncc2c(-c3cnn(C(C)(C)c4nnc([C@@H]5CCCO5)o4)c3)cc(C3CCC(O)CC3)n2n1. The number of anilines is 1. The molecule has 1 saturated heterocycles. The molecule has 12 nitrogen and oxygen atoms in total. The van der Waals surface area contributed by atoms with E-state index < -0.39 is 5.54 Å². The second-order valence-corrected chi connectivity index (χ2v) is 11.5. The number of aliphatic hydroxyl groups is 1. The van der Waals surface area contributed by atoms with E-state index in [1.165, 1.54) is 0 Å². The molecule has 4 aromatic rings. The van der Waals surface area contributed by atoms with Crippen molar-refractivity contribution in [3.8, 4) is 11.1 Å². The van der Waals surface area contributed by atoms with Crippen molar-refractivity contribution in [3.05, 3.63) is 42.1 Å². The molecule has 5 heterocycles. The lowest BCUT2D eigenvalue weighted by Gasteiger charge is -2.25. The minimum Gasteiger partial charge on any atom is -0.420 e. The standard InChI is InChI=1S/C28H38N8O4/c1-17(16-38-4)31-27-29-14-23-21(12-22(36(23)34-27)18-7-9-20(37)10-8-18)19-13-30-35(15-19)28(2,3)26-33-32-25(40-26)24-6-5-11-39-24/h12-15,17-18,20,24,37H,5-11,16H2,1-4H3,(H,31,34)/t17-,18?,20?,24-/m0/s1. The lowest BCUT2D eigenvalue weighted by molar-refractivity contribution is 0.0861. The minimum absolute atomic E-state index is 0.0664. The van der Waals surface area contributed by atoms with Gasteiger partial charge in [0.25, 0.3) is 0 Å². The zero-order chi connectivity index (χ0) is 27.9. The first kappa shape index (κ1) is 26.9. The number of rotatable bonds is 9. The maximum atomic E-state index is 10.1. The molecule has 0 amide bonds. The molecule has 0 aromatic carbocycles. The Morgan fingerprint density at radius 1 is 1.18 bits per heavy atom. The van der Waals surface area contributed by atoms with E-state index >= 15 is 0 Å². The predicted octanol–water partition coefficient (Wildman–Crippen LogP) is 4.08. The highest BCUT2D eigenvalue weighted by atomic mass is 16.5. The molecule has 0 unspecified atom stereocenters. The van der Waals surface area contributed by atoms with Crippen LogP contribution in [0.15, 0.2) is 29.1 Å². The summed E-state index contributed by atoms with van der Waals surface area (Å²) in [7, 11) is 1.68. The molecule has 1 aliphatic heterocycles. The summed E-state index contributed by atoms with van der Waals surface area (Å²) < 4.78 is 20.9. The third-order valence-corrected chi connectivity index (χ3v) is 8.09. The van der Waals surface area contributed by atoms with Crippen molar-refractivity contribution in [2.45, 2.75) is 89.0 Å². The van der Waals surface area contributed by atoms with E-state index in [0.29, 0.717) is 30.3 Å². The molecule has 12 heteroatoms. The summed E-state index contributed by atoms with van der Waals surface area (Å²) in [4.78, 5) is 4.62. The van der Waals surface area contributed by atoms with Crippen LogP contribution >= 0.6 is 0 Å². The van der Waals surface area contributed by atoms with E-state index in [1.807, 2.05) is 48.6 Å². The van der Waals surface area contributed by atoms with Crippen LogP contribution < -0.4 is 5.32 Å². The Kier molecular flexibility index (Phi) is 7.32. The van der Waals surface area contributed by atoms with Crippen LogP contribution in [0.1, 0.15) is 88.8 Å². The van der Waals surface area contributed by atoms with E-state index in [1.54, 1.807) is 7.11 Å². The molecule has 1 saturated carbocycles. The van der Waals surface area contributed by atoms with Crippen LogP contribution in [0, 0.1) is 0 Å². The zero-order valence-corrected chi connectivity index (χ0v) is 23.6. The van der Waals surface area contributed by atoms with Crippen molar-refractivity contribution in [1.82, 2.24) is 34.6 Å². The van der Waals surface area contributed by atoms with E-state index in [4.69, 9.17) is 24.1 Å². The highest BCUT2D eigenvalue weighted by molar-refractivity contribution is 5.81.